The number of fused-ring (bicyclic) bond motifs is 8. The van der Waals surface area contributed by atoms with Crippen LogP contribution in [0.15, 0.2) is 46.1 Å². The summed E-state index contributed by atoms with van der Waals surface area (Å²) >= 11 is 0. The van der Waals surface area contributed by atoms with E-state index in [1.54, 1.807) is 19.4 Å². The first kappa shape index (κ1) is 54.8. The third-order valence-corrected chi connectivity index (χ3v) is 24.6. The topological polar surface area (TPSA) is 195 Å². The van der Waals surface area contributed by atoms with Crippen molar-refractivity contribution >= 4 is 10.4 Å². The van der Waals surface area contributed by atoms with Gasteiger partial charge in [-0.2, -0.15) is 0 Å². The van der Waals surface area contributed by atoms with Crippen molar-refractivity contribution in [2.75, 3.05) is 13.2 Å². The first-order valence-corrected chi connectivity index (χ1v) is 29.2. The Labute approximate surface area is 452 Å². The largest absolute Gasteiger partial charge is 1.00 e. The van der Waals surface area contributed by atoms with E-state index in [1.165, 1.54) is 29.6 Å². The second-order valence-corrected chi connectivity index (χ2v) is 29.1. The Balaban J connectivity index is 0.00000596. The Morgan fingerprint density at radius 3 is 2.11 bits per heavy atom. The third kappa shape index (κ3) is 7.50. The van der Waals surface area contributed by atoms with Crippen molar-refractivity contribution < 1.29 is 86.5 Å². The van der Waals surface area contributed by atoms with Gasteiger partial charge in [-0.05, 0) is 174 Å². The number of aliphatic hydroxyl groups excluding tert-OH is 2. The van der Waals surface area contributed by atoms with Gasteiger partial charge >= 0.3 is 29.6 Å². The molecule has 8 aliphatic carbocycles. The van der Waals surface area contributed by atoms with Crippen LogP contribution in [0.4, 0.5) is 0 Å². The molecule has 398 valence electrons. The van der Waals surface area contributed by atoms with E-state index in [1.807, 2.05) is 27.7 Å². The van der Waals surface area contributed by atoms with Crippen LogP contribution in [-0.2, 0) is 28.8 Å². The van der Waals surface area contributed by atoms with Crippen LogP contribution < -0.4 is 29.6 Å². The van der Waals surface area contributed by atoms with Gasteiger partial charge in [0, 0.05) is 27.6 Å². The zero-order valence-corrected chi connectivity index (χ0v) is 48.3. The number of ether oxygens (including phenoxy) is 3. The summed E-state index contributed by atoms with van der Waals surface area (Å²) in [5.41, 5.74) is 4.02. The monoisotopic (exact) mass is 1030 g/mol. The second-order valence-electron chi connectivity index (χ2n) is 28.1. The molecule has 5 saturated heterocycles. The number of rotatable bonds is 9. The molecule has 0 amide bonds. The first-order chi connectivity index (χ1) is 32.9. The van der Waals surface area contributed by atoms with Crippen LogP contribution in [0.25, 0.3) is 0 Å². The maximum atomic E-state index is 12.4. The second kappa shape index (κ2) is 17.5. The fourth-order valence-corrected chi connectivity index (χ4v) is 20.9. The minimum absolute atomic E-state index is 0. The number of hydrogen-bond acceptors (Lipinski definition) is 12. The van der Waals surface area contributed by atoms with E-state index in [4.69, 9.17) is 25.0 Å². The molecule has 19 atom stereocenters. The Morgan fingerprint density at radius 2 is 1.47 bits per heavy atom. The van der Waals surface area contributed by atoms with E-state index < -0.39 is 68.0 Å². The van der Waals surface area contributed by atoms with Crippen molar-refractivity contribution in [3.05, 3.63) is 46.1 Å². The third-order valence-electron chi connectivity index (χ3n) is 24.1. The van der Waals surface area contributed by atoms with E-state index in [9.17, 15) is 38.5 Å². The van der Waals surface area contributed by atoms with Crippen LogP contribution in [0.3, 0.4) is 0 Å². The van der Waals surface area contributed by atoms with Gasteiger partial charge < -0.3 is 44.3 Å². The molecule has 0 aromatic carbocycles. The van der Waals surface area contributed by atoms with Gasteiger partial charge in [-0.3, -0.25) is 4.18 Å². The van der Waals surface area contributed by atoms with Crippen molar-refractivity contribution in [2.24, 2.45) is 79.8 Å². The van der Waals surface area contributed by atoms with Crippen molar-refractivity contribution in [3.8, 4) is 0 Å². The van der Waals surface area contributed by atoms with Gasteiger partial charge in [0.25, 0.3) is 0 Å². The summed E-state index contributed by atoms with van der Waals surface area (Å²) < 4.78 is 62.7. The average molecular weight is 1030 g/mol. The summed E-state index contributed by atoms with van der Waals surface area (Å²) in [5, 5.41) is 57.8. The molecule has 5 heterocycles. The predicted molar refractivity (Wildman–Crippen MR) is 266 cm³/mol. The van der Waals surface area contributed by atoms with E-state index in [0.717, 1.165) is 75.4 Å². The fourth-order valence-electron chi connectivity index (χ4n) is 20.4. The minimum Gasteiger partial charge on any atom is -0.726 e. The molecule has 12 nitrogen and oxygen atoms in total. The Morgan fingerprint density at radius 1 is 0.861 bits per heavy atom. The van der Waals surface area contributed by atoms with Crippen LogP contribution in [0, 0.1) is 79.8 Å². The normalized spacial score (nSPS) is 48.8. The van der Waals surface area contributed by atoms with Crippen LogP contribution in [0.2, 0.25) is 0 Å². The van der Waals surface area contributed by atoms with Gasteiger partial charge in [-0.15, -0.1) is 0 Å². The maximum Gasteiger partial charge on any atom is 1.00 e. The van der Waals surface area contributed by atoms with Gasteiger partial charge in [0.05, 0.1) is 37.1 Å². The number of aliphatic hydroxyl groups is 5. The smallest absolute Gasteiger partial charge is 0.726 e. The van der Waals surface area contributed by atoms with Crippen molar-refractivity contribution in [2.45, 2.75) is 220 Å². The Bertz CT molecular complexity index is 2440. The molecule has 0 aromatic heterocycles. The summed E-state index contributed by atoms with van der Waals surface area (Å²) in [7, 11) is -5.08. The maximum absolute atomic E-state index is 12.4. The molecule has 14 heteroatoms. The molecular formula is C58H87NaO12S. The fraction of sp³-hybridized carbons (Fsp3) is 0.862. The molecule has 4 bridgehead atoms. The molecule has 0 aromatic rings. The van der Waals surface area contributed by atoms with Crippen molar-refractivity contribution in [1.82, 2.24) is 0 Å². The van der Waals surface area contributed by atoms with Crippen molar-refractivity contribution in [1.29, 1.82) is 0 Å². The zero-order valence-electron chi connectivity index (χ0n) is 45.5. The van der Waals surface area contributed by atoms with Crippen LogP contribution >= 0.6 is 0 Å². The van der Waals surface area contributed by atoms with Gasteiger partial charge in [0.15, 0.2) is 5.79 Å². The summed E-state index contributed by atoms with van der Waals surface area (Å²) in [6.07, 6.45) is 12.4. The summed E-state index contributed by atoms with van der Waals surface area (Å²) in [4.78, 5) is 0. The van der Waals surface area contributed by atoms with E-state index in [-0.39, 0.29) is 94.7 Å². The Hall–Kier alpha value is -0.490. The molecule has 9 fully saturated rings. The van der Waals surface area contributed by atoms with Crippen molar-refractivity contribution in [3.63, 3.8) is 0 Å². The quantitative estimate of drug-likeness (QED) is 0.0788. The average Bonchev–Trinajstić information content (AvgIpc) is 3.75. The van der Waals surface area contributed by atoms with Crippen LogP contribution in [-0.4, -0.2) is 99.4 Å². The standard InChI is InChI=1S/C58H88O12S.Na/c1-31(37-14-16-39-35-13-19-46-50(4,5)57(62)47(59)27-55(46,29-67-57)41(35)20-22-53(37,39)10)12-18-43-32(2)24-34(52(8,9)61)25-44(69-43)33(3)38-15-17-40-36-26-45(70-71(64,65)66)49-51(6,7)58(63)48(60)28-56(49,30-68-58)42(36)21-23-54(38,40)11;/h19,31,33-34,37-40,43-45,47-49,59-63H,2,12-18,20-30H2,1,3-11H3,(H,64,65,66);/q;+1/p-1/t31-,33+,34?,37-,38?,39?,40?,43+,44-,45?,47?,48?,49?,53-,54-,55+,56+,57?,58?;/m1./s1. The van der Waals surface area contributed by atoms with E-state index >= 15 is 0 Å². The molecule has 10 unspecified atom stereocenters. The SMILES string of the molecule is C=C1CC(C(C)(C)O)C[C@H]([C@@H](C)C2CCC3C4=C(CC[C@@]32C)[C@@]23COC(O)(C(O)C2)C(C)(C)C3C(OS(=O)(=O)[O-])C4)O[C@H]1CC[C@@H](C)[C@H]1CCC2C3=C(CC[C@@]21C)[C@@]12COC(O)(C(O)C1)C(C)(C)C2=CC3.[Na+]. The molecule has 0 radical (unpaired) electrons. The summed E-state index contributed by atoms with van der Waals surface area (Å²) in [6.45, 7) is 26.6. The van der Waals surface area contributed by atoms with Gasteiger partial charge in [0.2, 0.25) is 16.2 Å². The zero-order chi connectivity index (χ0) is 51.2. The van der Waals surface area contributed by atoms with Gasteiger partial charge in [-0.1, -0.05) is 95.9 Å². The summed E-state index contributed by atoms with van der Waals surface area (Å²) in [6, 6.07) is 0. The summed E-state index contributed by atoms with van der Waals surface area (Å²) in [5.74, 6) is -1.93. The molecular weight excluding hydrogens is 944 g/mol. The molecule has 5 aliphatic heterocycles. The molecule has 13 aliphatic rings. The molecule has 13 rings (SSSR count). The Kier molecular flexibility index (Phi) is 13.3. The van der Waals surface area contributed by atoms with Crippen LogP contribution in [0.1, 0.15) is 172 Å². The number of allylic oxidation sites excluding steroid dienone is 2. The molecule has 72 heavy (non-hydrogen) atoms. The predicted octanol–water partition coefficient (Wildman–Crippen LogP) is 5.97. The molecule has 2 spiro atoms. The van der Waals surface area contributed by atoms with Crippen LogP contribution in [0.5, 0.6) is 0 Å². The van der Waals surface area contributed by atoms with E-state index in [0.29, 0.717) is 43.6 Å². The van der Waals surface area contributed by atoms with Gasteiger partial charge in [0.1, 0.15) is 12.2 Å². The number of hydrogen-bond donors (Lipinski definition) is 5. The minimum atomic E-state index is -5.08. The van der Waals surface area contributed by atoms with Gasteiger partial charge in [-0.25, -0.2) is 8.42 Å². The molecule has 5 N–H and O–H groups in total. The van der Waals surface area contributed by atoms with E-state index in [2.05, 4.69) is 33.8 Å². The first-order valence-electron chi connectivity index (χ1n) is 27.8. The molecule has 4 saturated carbocycles.